The molecular formula is C16H12N6O4S. The molecule has 4 aromatic heterocycles. The Labute approximate surface area is 154 Å². The summed E-state index contributed by atoms with van der Waals surface area (Å²) in [6.07, 6.45) is 3.03. The number of carbonyl (C=O) groups excluding carboxylic acids is 2. The highest BCUT2D eigenvalue weighted by Crippen LogP contribution is 2.26. The number of amides is 1. The molecule has 0 saturated carbocycles. The minimum absolute atomic E-state index is 0.289. The lowest BCUT2D eigenvalue weighted by molar-refractivity contribution is 0.0594. The van der Waals surface area contributed by atoms with Gasteiger partial charge in [0.25, 0.3) is 5.91 Å². The highest BCUT2D eigenvalue weighted by Gasteiger charge is 2.14. The van der Waals surface area contributed by atoms with E-state index in [1.165, 1.54) is 29.0 Å². The average Bonchev–Trinajstić information content (AvgIpc) is 3.41. The molecule has 27 heavy (non-hydrogen) atoms. The van der Waals surface area contributed by atoms with Crippen molar-refractivity contribution in [3.8, 4) is 11.3 Å². The fourth-order valence-electron chi connectivity index (χ4n) is 2.44. The smallest absolute Gasteiger partial charge is 0.354 e. The number of methoxy groups -OCH3 is 1. The zero-order valence-electron chi connectivity index (χ0n) is 13.8. The quantitative estimate of drug-likeness (QED) is 0.457. The summed E-state index contributed by atoms with van der Waals surface area (Å²) in [5, 5.41) is 10.9. The lowest BCUT2D eigenvalue weighted by atomic mass is 10.2. The van der Waals surface area contributed by atoms with Crippen LogP contribution in [0.1, 0.15) is 20.8 Å². The number of nitrogens with zero attached hydrogens (tertiary/aromatic N) is 3. The number of aromatic amines is 2. The molecule has 0 bridgehead atoms. The minimum Gasteiger partial charge on any atom is -0.464 e. The van der Waals surface area contributed by atoms with Crippen molar-refractivity contribution in [2.24, 2.45) is 0 Å². The molecule has 136 valence electrons. The first-order chi connectivity index (χ1) is 13.0. The van der Waals surface area contributed by atoms with Crippen LogP contribution < -0.4 is 11.0 Å². The van der Waals surface area contributed by atoms with Crippen LogP contribution in [-0.4, -0.2) is 43.6 Å². The van der Waals surface area contributed by atoms with Crippen molar-refractivity contribution in [2.45, 2.75) is 0 Å². The highest BCUT2D eigenvalue weighted by molar-refractivity contribution is 7.14. The monoisotopic (exact) mass is 384 g/mol. The van der Waals surface area contributed by atoms with Crippen LogP contribution in [0.2, 0.25) is 0 Å². The third-order valence-corrected chi connectivity index (χ3v) is 4.54. The summed E-state index contributed by atoms with van der Waals surface area (Å²) in [5.41, 5.74) is 1.89. The Morgan fingerprint density at radius 2 is 2.19 bits per heavy atom. The van der Waals surface area contributed by atoms with Crippen LogP contribution in [0.15, 0.2) is 40.8 Å². The molecular weight excluding hydrogens is 372 g/mol. The molecule has 0 saturated heterocycles. The second-order valence-corrected chi connectivity index (χ2v) is 6.32. The molecule has 0 aliphatic rings. The molecule has 11 heteroatoms. The lowest BCUT2D eigenvalue weighted by Gasteiger charge is -2.01. The Morgan fingerprint density at radius 1 is 1.33 bits per heavy atom. The Kier molecular flexibility index (Phi) is 4.05. The Hall–Kier alpha value is -3.73. The number of H-pyrrole nitrogens is 2. The number of nitrogens with one attached hydrogen (secondary N) is 3. The minimum atomic E-state index is -0.477. The molecule has 0 atom stereocenters. The van der Waals surface area contributed by atoms with Crippen LogP contribution >= 0.6 is 11.3 Å². The first-order valence-electron chi connectivity index (χ1n) is 7.66. The topological polar surface area (TPSA) is 134 Å². The maximum atomic E-state index is 12.4. The van der Waals surface area contributed by atoms with E-state index >= 15 is 0 Å². The number of thiazole rings is 1. The van der Waals surface area contributed by atoms with Gasteiger partial charge in [-0.05, 0) is 18.2 Å². The molecule has 3 N–H and O–H groups in total. The molecule has 10 nitrogen and oxygen atoms in total. The summed E-state index contributed by atoms with van der Waals surface area (Å²) in [5.74, 6) is -0.884. The lowest BCUT2D eigenvalue weighted by Crippen LogP contribution is -2.15. The zero-order valence-corrected chi connectivity index (χ0v) is 14.7. The van der Waals surface area contributed by atoms with E-state index in [2.05, 4.69) is 30.2 Å². The molecule has 0 spiro atoms. The number of aromatic nitrogens is 5. The largest absolute Gasteiger partial charge is 0.464 e. The molecule has 0 aliphatic heterocycles. The van der Waals surface area contributed by atoms with Crippen LogP contribution in [-0.2, 0) is 4.74 Å². The van der Waals surface area contributed by atoms with E-state index in [0.29, 0.717) is 27.7 Å². The number of pyridine rings is 1. The van der Waals surface area contributed by atoms with E-state index in [1.54, 1.807) is 29.8 Å². The van der Waals surface area contributed by atoms with Gasteiger partial charge in [0.2, 0.25) is 0 Å². The van der Waals surface area contributed by atoms with E-state index in [9.17, 15) is 14.4 Å². The normalized spacial score (nSPS) is 10.9. The molecule has 0 aliphatic carbocycles. The van der Waals surface area contributed by atoms with Crippen molar-refractivity contribution >= 4 is 34.0 Å². The summed E-state index contributed by atoms with van der Waals surface area (Å²) in [7, 11) is 1.30. The van der Waals surface area contributed by atoms with Gasteiger partial charge >= 0.3 is 11.7 Å². The first kappa shape index (κ1) is 16.7. The highest BCUT2D eigenvalue weighted by atomic mass is 32.1. The fourth-order valence-corrected chi connectivity index (χ4v) is 3.16. The SMILES string of the molecule is COC(=O)c1cc(-c2csc(NC(=O)c3ccc4n[nH]c(=O)n4c3)n2)c[nH]1. The van der Waals surface area contributed by atoms with Gasteiger partial charge in [-0.25, -0.2) is 24.1 Å². The molecule has 0 aromatic carbocycles. The van der Waals surface area contributed by atoms with E-state index in [-0.39, 0.29) is 5.56 Å². The summed E-state index contributed by atoms with van der Waals surface area (Å²) < 4.78 is 5.90. The van der Waals surface area contributed by atoms with Crippen molar-refractivity contribution in [1.29, 1.82) is 0 Å². The van der Waals surface area contributed by atoms with Crippen molar-refractivity contribution in [3.05, 3.63) is 57.7 Å². The third kappa shape index (κ3) is 3.11. The van der Waals surface area contributed by atoms with Gasteiger partial charge in [0.05, 0.1) is 18.4 Å². The Bertz CT molecular complexity index is 1220. The predicted molar refractivity (Wildman–Crippen MR) is 97.0 cm³/mol. The number of fused-ring (bicyclic) bond motifs is 1. The Balaban J connectivity index is 1.53. The van der Waals surface area contributed by atoms with Crippen molar-refractivity contribution in [2.75, 3.05) is 12.4 Å². The van der Waals surface area contributed by atoms with Crippen LogP contribution in [0.25, 0.3) is 16.9 Å². The third-order valence-electron chi connectivity index (χ3n) is 3.78. The standard InChI is InChI=1S/C16H12N6O4S/c1-26-14(24)10-4-9(5-17-10)11-7-27-15(18-11)19-13(23)8-2-3-12-20-21-16(25)22(12)6-8/h2-7,17H,1H3,(H,21,25)(H,18,19,23). The van der Waals surface area contributed by atoms with Crippen LogP contribution in [0, 0.1) is 0 Å². The number of anilines is 1. The van der Waals surface area contributed by atoms with Gasteiger partial charge in [-0.3, -0.25) is 10.1 Å². The van der Waals surface area contributed by atoms with Gasteiger partial charge < -0.3 is 9.72 Å². The van der Waals surface area contributed by atoms with Crippen molar-refractivity contribution in [3.63, 3.8) is 0 Å². The van der Waals surface area contributed by atoms with Crippen LogP contribution in [0.4, 0.5) is 5.13 Å². The second-order valence-electron chi connectivity index (χ2n) is 5.46. The van der Waals surface area contributed by atoms with Gasteiger partial charge in [0.15, 0.2) is 10.8 Å². The first-order valence-corrected chi connectivity index (χ1v) is 8.54. The molecule has 4 heterocycles. The van der Waals surface area contributed by atoms with Gasteiger partial charge in [-0.1, -0.05) is 0 Å². The van der Waals surface area contributed by atoms with Gasteiger partial charge in [0.1, 0.15) is 5.69 Å². The summed E-state index contributed by atoms with van der Waals surface area (Å²) >= 11 is 1.24. The molecule has 1 amide bonds. The van der Waals surface area contributed by atoms with Gasteiger partial charge in [0, 0.05) is 23.3 Å². The summed E-state index contributed by atoms with van der Waals surface area (Å²) in [6, 6.07) is 4.74. The maximum absolute atomic E-state index is 12.4. The van der Waals surface area contributed by atoms with E-state index < -0.39 is 17.6 Å². The second kappa shape index (κ2) is 6.53. The molecule has 0 radical (unpaired) electrons. The van der Waals surface area contributed by atoms with Crippen LogP contribution in [0.3, 0.4) is 0 Å². The van der Waals surface area contributed by atoms with Gasteiger partial charge in [-0.15, -0.1) is 11.3 Å². The fraction of sp³-hybridized carbons (Fsp3) is 0.0625. The number of rotatable bonds is 4. The number of esters is 1. The van der Waals surface area contributed by atoms with Gasteiger partial charge in [-0.2, -0.15) is 5.10 Å². The molecule has 0 unspecified atom stereocenters. The number of hydrogen-bond donors (Lipinski definition) is 3. The zero-order chi connectivity index (χ0) is 19.0. The van der Waals surface area contributed by atoms with E-state index in [0.717, 1.165) is 0 Å². The van der Waals surface area contributed by atoms with Crippen LogP contribution in [0.5, 0.6) is 0 Å². The molecule has 0 fully saturated rings. The molecule has 4 aromatic rings. The summed E-state index contributed by atoms with van der Waals surface area (Å²) in [6.45, 7) is 0. The number of carbonyl (C=O) groups is 2. The van der Waals surface area contributed by atoms with Crippen molar-refractivity contribution in [1.82, 2.24) is 24.6 Å². The average molecular weight is 384 g/mol. The van der Waals surface area contributed by atoms with E-state index in [4.69, 9.17) is 0 Å². The molecule has 4 rings (SSSR count). The maximum Gasteiger partial charge on any atom is 0.354 e. The predicted octanol–water partition coefficient (Wildman–Crippen LogP) is 1.51. The summed E-state index contributed by atoms with van der Waals surface area (Å²) in [4.78, 5) is 42.7. The van der Waals surface area contributed by atoms with Crippen molar-refractivity contribution < 1.29 is 14.3 Å². The van der Waals surface area contributed by atoms with E-state index in [1.807, 2.05) is 0 Å². The number of ether oxygens (including phenoxy) is 1. The number of hydrogen-bond acceptors (Lipinski definition) is 7. The Morgan fingerprint density at radius 3 is 3.00 bits per heavy atom.